The van der Waals surface area contributed by atoms with Gasteiger partial charge in [0.15, 0.2) is 0 Å². The first kappa shape index (κ1) is 21.5. The number of rotatable bonds is 6. The molecule has 1 aromatic heterocycles. The molecule has 29 heavy (non-hydrogen) atoms. The second-order valence-corrected chi connectivity index (χ2v) is 9.54. The highest BCUT2D eigenvalue weighted by atomic mass is 32.2. The number of piperazine rings is 1. The Kier molecular flexibility index (Phi) is 6.45. The molecule has 0 spiro atoms. The molecule has 3 rings (SSSR count). The quantitative estimate of drug-likeness (QED) is 0.778. The van der Waals surface area contributed by atoms with E-state index in [1.165, 1.54) is 4.31 Å². The lowest BCUT2D eigenvalue weighted by molar-refractivity contribution is -0.134. The largest absolute Gasteiger partial charge is 0.465 e. The van der Waals surface area contributed by atoms with Gasteiger partial charge < -0.3 is 9.32 Å². The van der Waals surface area contributed by atoms with Crippen LogP contribution in [-0.4, -0.2) is 55.8 Å². The van der Waals surface area contributed by atoms with Gasteiger partial charge in [0.1, 0.15) is 11.5 Å². The monoisotopic (exact) mass is 419 g/mol. The fraction of sp³-hybridized carbons (Fsp3) is 0.476. The zero-order valence-corrected chi connectivity index (χ0v) is 18.2. The third-order valence-corrected chi connectivity index (χ3v) is 7.18. The molecule has 1 fully saturated rings. The zero-order valence-electron chi connectivity index (χ0n) is 17.4. The van der Waals surface area contributed by atoms with Crippen LogP contribution in [0.25, 0.3) is 0 Å². The summed E-state index contributed by atoms with van der Waals surface area (Å²) >= 11 is 0. The predicted octanol–water partition coefficient (Wildman–Crippen LogP) is 2.47. The summed E-state index contributed by atoms with van der Waals surface area (Å²) in [6.45, 7) is 8.93. The zero-order chi connectivity index (χ0) is 21.2. The first-order valence-electron chi connectivity index (χ1n) is 9.86. The molecule has 1 N–H and O–H groups in total. The fourth-order valence-corrected chi connectivity index (χ4v) is 4.92. The van der Waals surface area contributed by atoms with Gasteiger partial charge in [0.05, 0.1) is 17.0 Å². The van der Waals surface area contributed by atoms with Crippen molar-refractivity contribution in [3.63, 3.8) is 0 Å². The number of nitrogens with zero attached hydrogens (tertiary/aromatic N) is 2. The first-order chi connectivity index (χ1) is 13.7. The maximum absolute atomic E-state index is 12.8. The number of nitrogens with one attached hydrogen (secondary N) is 1. The van der Waals surface area contributed by atoms with Gasteiger partial charge in [-0.3, -0.25) is 10.1 Å². The molecule has 2 atom stereocenters. The molecular formula is C21H29N3O4S. The van der Waals surface area contributed by atoms with Crippen LogP contribution in [0.4, 0.5) is 0 Å². The van der Waals surface area contributed by atoms with Crippen LogP contribution in [-0.2, 0) is 14.8 Å². The van der Waals surface area contributed by atoms with Crippen molar-refractivity contribution >= 4 is 15.9 Å². The van der Waals surface area contributed by atoms with Crippen molar-refractivity contribution in [3.05, 3.63) is 53.5 Å². The van der Waals surface area contributed by atoms with Crippen LogP contribution >= 0.6 is 0 Å². The van der Waals surface area contributed by atoms with E-state index in [9.17, 15) is 13.2 Å². The summed E-state index contributed by atoms with van der Waals surface area (Å²) in [7, 11) is -3.53. The Bertz CT molecular complexity index is 945. The molecule has 0 saturated carbocycles. The molecule has 0 aliphatic carbocycles. The van der Waals surface area contributed by atoms with Gasteiger partial charge in [-0.1, -0.05) is 17.7 Å². The van der Waals surface area contributed by atoms with Crippen LogP contribution in [0.5, 0.6) is 0 Å². The molecule has 7 nitrogen and oxygen atoms in total. The molecule has 1 aliphatic heterocycles. The van der Waals surface area contributed by atoms with Crippen molar-refractivity contribution in [2.75, 3.05) is 26.2 Å². The van der Waals surface area contributed by atoms with E-state index in [1.807, 2.05) is 39.8 Å². The van der Waals surface area contributed by atoms with E-state index < -0.39 is 16.1 Å². The summed E-state index contributed by atoms with van der Waals surface area (Å²) in [4.78, 5) is 14.8. The van der Waals surface area contributed by atoms with Gasteiger partial charge >= 0.3 is 0 Å². The van der Waals surface area contributed by atoms with Crippen molar-refractivity contribution < 1.29 is 17.6 Å². The lowest BCUT2D eigenvalue weighted by atomic mass is 10.2. The molecule has 1 aliphatic rings. The smallest absolute Gasteiger partial charge is 0.243 e. The van der Waals surface area contributed by atoms with Crippen LogP contribution in [0.3, 0.4) is 0 Å². The Morgan fingerprint density at radius 3 is 2.17 bits per heavy atom. The van der Waals surface area contributed by atoms with Gasteiger partial charge in [0.2, 0.25) is 15.9 Å². The molecule has 8 heteroatoms. The standard InChI is InChI=1S/C21H29N3O4S/c1-15-5-8-19(9-6-15)29(26,27)24-13-11-23(12-14-24)21(25)18(4)22-17(3)20-10-7-16(2)28-20/h5-10,17-18,22H,11-14H2,1-4H3. The summed E-state index contributed by atoms with van der Waals surface area (Å²) in [5, 5.41) is 3.26. The van der Waals surface area contributed by atoms with E-state index in [0.29, 0.717) is 31.1 Å². The third-order valence-electron chi connectivity index (χ3n) is 5.27. The van der Waals surface area contributed by atoms with Gasteiger partial charge in [-0.25, -0.2) is 8.42 Å². The number of aryl methyl sites for hydroxylation is 2. The molecular weight excluding hydrogens is 390 g/mol. The van der Waals surface area contributed by atoms with Crippen LogP contribution < -0.4 is 5.32 Å². The van der Waals surface area contributed by atoms with E-state index in [1.54, 1.807) is 29.2 Å². The third kappa shape index (κ3) is 4.88. The molecule has 1 saturated heterocycles. The van der Waals surface area contributed by atoms with Gasteiger partial charge in [-0.2, -0.15) is 4.31 Å². The highest BCUT2D eigenvalue weighted by molar-refractivity contribution is 7.89. The molecule has 1 amide bonds. The number of sulfonamides is 1. The minimum atomic E-state index is -3.53. The topological polar surface area (TPSA) is 82.9 Å². The van der Waals surface area contributed by atoms with E-state index >= 15 is 0 Å². The Morgan fingerprint density at radius 1 is 1.00 bits per heavy atom. The molecule has 2 aromatic rings. The predicted molar refractivity (Wildman–Crippen MR) is 111 cm³/mol. The molecule has 0 radical (unpaired) electrons. The Hall–Kier alpha value is -2.16. The number of hydrogen-bond acceptors (Lipinski definition) is 5. The summed E-state index contributed by atoms with van der Waals surface area (Å²) < 4.78 is 32.7. The molecule has 158 valence electrons. The SMILES string of the molecule is Cc1ccc(S(=O)(=O)N2CCN(C(=O)C(C)NC(C)c3ccc(C)o3)CC2)cc1. The normalized spacial score (nSPS) is 17.9. The van der Waals surface area contributed by atoms with Crippen LogP contribution in [0.1, 0.15) is 37.0 Å². The van der Waals surface area contributed by atoms with Crippen LogP contribution in [0.2, 0.25) is 0 Å². The van der Waals surface area contributed by atoms with Crippen molar-refractivity contribution in [2.24, 2.45) is 0 Å². The lowest BCUT2D eigenvalue weighted by Gasteiger charge is -2.35. The number of benzene rings is 1. The van der Waals surface area contributed by atoms with Crippen LogP contribution in [0, 0.1) is 13.8 Å². The summed E-state index contributed by atoms with van der Waals surface area (Å²) in [6, 6.07) is 10.2. The maximum Gasteiger partial charge on any atom is 0.243 e. The van der Waals surface area contributed by atoms with Gasteiger partial charge in [-0.05, 0) is 52.0 Å². The number of furan rings is 1. The first-order valence-corrected chi connectivity index (χ1v) is 11.3. The average Bonchev–Trinajstić information content (AvgIpc) is 3.14. The molecule has 2 heterocycles. The number of carbonyl (C=O) groups excluding carboxylic acids is 1. The van der Waals surface area contributed by atoms with Gasteiger partial charge in [0, 0.05) is 26.2 Å². The maximum atomic E-state index is 12.8. The van der Waals surface area contributed by atoms with Gasteiger partial charge in [-0.15, -0.1) is 0 Å². The van der Waals surface area contributed by atoms with Crippen molar-refractivity contribution in [2.45, 2.75) is 44.7 Å². The second kappa shape index (κ2) is 8.69. The number of amides is 1. The number of hydrogen-bond donors (Lipinski definition) is 1. The summed E-state index contributed by atoms with van der Waals surface area (Å²) in [6.07, 6.45) is 0. The van der Waals surface area contributed by atoms with Crippen molar-refractivity contribution in [1.82, 2.24) is 14.5 Å². The fourth-order valence-electron chi connectivity index (χ4n) is 3.50. The van der Waals surface area contributed by atoms with Crippen molar-refractivity contribution in [3.8, 4) is 0 Å². The Balaban J connectivity index is 1.56. The molecule has 2 unspecified atom stereocenters. The van der Waals surface area contributed by atoms with E-state index in [2.05, 4.69) is 5.32 Å². The second-order valence-electron chi connectivity index (χ2n) is 7.60. The highest BCUT2D eigenvalue weighted by Crippen LogP contribution is 2.19. The average molecular weight is 420 g/mol. The summed E-state index contributed by atoms with van der Waals surface area (Å²) in [5.41, 5.74) is 1.01. The van der Waals surface area contributed by atoms with Crippen LogP contribution in [0.15, 0.2) is 45.7 Å². The van der Waals surface area contributed by atoms with E-state index in [4.69, 9.17) is 4.42 Å². The van der Waals surface area contributed by atoms with Gasteiger partial charge in [0.25, 0.3) is 0 Å². The summed E-state index contributed by atoms with van der Waals surface area (Å²) in [5.74, 6) is 1.59. The highest BCUT2D eigenvalue weighted by Gasteiger charge is 2.31. The number of carbonyl (C=O) groups is 1. The lowest BCUT2D eigenvalue weighted by Crippen LogP contribution is -2.54. The minimum absolute atomic E-state index is 0.0347. The van der Waals surface area contributed by atoms with E-state index in [0.717, 1.165) is 17.1 Å². The molecule has 1 aromatic carbocycles. The van der Waals surface area contributed by atoms with E-state index in [-0.39, 0.29) is 11.9 Å². The van der Waals surface area contributed by atoms with Crippen molar-refractivity contribution in [1.29, 1.82) is 0 Å². The molecule has 0 bridgehead atoms. The Morgan fingerprint density at radius 2 is 1.62 bits per heavy atom. The minimum Gasteiger partial charge on any atom is -0.465 e. The Labute approximate surface area is 172 Å².